The molecule has 0 spiro atoms. The fourth-order valence-electron chi connectivity index (χ4n) is 2.35. The van der Waals surface area contributed by atoms with Crippen molar-refractivity contribution >= 4 is 5.97 Å². The van der Waals surface area contributed by atoms with Gasteiger partial charge in [-0.05, 0) is 38.9 Å². The molecular weight excluding hydrogens is 202 g/mol. The van der Waals surface area contributed by atoms with E-state index in [1.165, 1.54) is 32.1 Å². The Balaban J connectivity index is 2.05. The molecule has 0 heterocycles. The molecule has 1 unspecified atom stereocenters. The van der Waals surface area contributed by atoms with E-state index in [0.29, 0.717) is 0 Å². The third kappa shape index (κ3) is 4.97. The molecule has 3 nitrogen and oxygen atoms in total. The third-order valence-corrected chi connectivity index (χ3v) is 3.76. The molecule has 1 N–H and O–H groups in total. The minimum Gasteiger partial charge on any atom is -0.481 e. The molecule has 1 fully saturated rings. The normalized spacial score (nSPS) is 19.2. The lowest BCUT2D eigenvalue weighted by Crippen LogP contribution is -2.25. The number of hydrogen-bond acceptors (Lipinski definition) is 2. The van der Waals surface area contributed by atoms with Crippen LogP contribution in [0.3, 0.4) is 0 Å². The van der Waals surface area contributed by atoms with E-state index in [9.17, 15) is 4.79 Å². The van der Waals surface area contributed by atoms with E-state index >= 15 is 0 Å². The number of hydrogen-bond donors (Lipinski definition) is 1. The van der Waals surface area contributed by atoms with Gasteiger partial charge in [0, 0.05) is 0 Å². The maximum absolute atomic E-state index is 10.7. The summed E-state index contributed by atoms with van der Waals surface area (Å²) in [6.07, 6.45) is 7.67. The fraction of sp³-hybridized carbons (Fsp3) is 0.923. The summed E-state index contributed by atoms with van der Waals surface area (Å²) < 4.78 is 0. The van der Waals surface area contributed by atoms with Crippen LogP contribution in [0.15, 0.2) is 0 Å². The van der Waals surface area contributed by atoms with Gasteiger partial charge < -0.3 is 10.0 Å². The number of aliphatic carboxylic acids is 1. The number of carboxylic acid groups (broad SMARTS) is 1. The molecule has 3 heteroatoms. The summed E-state index contributed by atoms with van der Waals surface area (Å²) in [5.74, 6) is 0.0393. The first-order chi connectivity index (χ1) is 7.59. The van der Waals surface area contributed by atoms with Gasteiger partial charge in [0.05, 0.1) is 5.92 Å². The molecule has 1 aliphatic carbocycles. The summed E-state index contributed by atoms with van der Waals surface area (Å²) in [5.41, 5.74) is 0. The predicted molar refractivity (Wildman–Crippen MR) is 65.5 cm³/mol. The van der Waals surface area contributed by atoms with Gasteiger partial charge in [-0.25, -0.2) is 0 Å². The maximum Gasteiger partial charge on any atom is 0.306 e. The Morgan fingerprint density at radius 3 is 2.56 bits per heavy atom. The highest BCUT2D eigenvalue weighted by Crippen LogP contribution is 2.27. The number of nitrogens with zero attached hydrogens (tertiary/aromatic N) is 1. The second-order valence-electron chi connectivity index (χ2n) is 5.27. The highest BCUT2D eigenvalue weighted by molar-refractivity contribution is 5.69. The second-order valence-corrected chi connectivity index (χ2v) is 5.27. The van der Waals surface area contributed by atoms with Crippen LogP contribution in [-0.4, -0.2) is 36.1 Å². The van der Waals surface area contributed by atoms with Crippen LogP contribution in [0.2, 0.25) is 0 Å². The monoisotopic (exact) mass is 227 g/mol. The lowest BCUT2D eigenvalue weighted by molar-refractivity contribution is -0.141. The van der Waals surface area contributed by atoms with Gasteiger partial charge in [-0.1, -0.05) is 32.6 Å². The Hall–Kier alpha value is -0.570. The van der Waals surface area contributed by atoms with Gasteiger partial charge in [0.25, 0.3) is 0 Å². The van der Waals surface area contributed by atoms with Gasteiger partial charge in [-0.15, -0.1) is 0 Å². The van der Waals surface area contributed by atoms with E-state index in [-0.39, 0.29) is 5.92 Å². The minimum absolute atomic E-state index is 0.214. The Bertz CT molecular complexity index is 212. The number of carboxylic acids is 1. The fourth-order valence-corrected chi connectivity index (χ4v) is 2.35. The standard InChI is InChI=1S/C13H25NO2/c1-11(13(15)16)7-9-14(2)10-8-12-5-3-4-6-12/h11-12H,3-10H2,1-2H3,(H,15,16). The molecular formula is C13H25NO2. The van der Waals surface area contributed by atoms with Crippen LogP contribution in [0.4, 0.5) is 0 Å². The first kappa shape index (κ1) is 13.5. The summed E-state index contributed by atoms with van der Waals surface area (Å²) >= 11 is 0. The van der Waals surface area contributed by atoms with Gasteiger partial charge in [0.15, 0.2) is 0 Å². The van der Waals surface area contributed by atoms with Gasteiger partial charge in [-0.2, -0.15) is 0 Å². The molecule has 1 aliphatic rings. The molecule has 16 heavy (non-hydrogen) atoms. The molecule has 0 amide bonds. The van der Waals surface area contributed by atoms with E-state index in [1.54, 1.807) is 6.92 Å². The molecule has 1 saturated carbocycles. The van der Waals surface area contributed by atoms with Crippen LogP contribution in [0.1, 0.15) is 45.4 Å². The molecule has 0 aliphatic heterocycles. The van der Waals surface area contributed by atoms with Crippen LogP contribution in [0.5, 0.6) is 0 Å². The number of carbonyl (C=O) groups is 1. The smallest absolute Gasteiger partial charge is 0.306 e. The van der Waals surface area contributed by atoms with Gasteiger partial charge in [-0.3, -0.25) is 4.79 Å². The lowest BCUT2D eigenvalue weighted by Gasteiger charge is -2.19. The summed E-state index contributed by atoms with van der Waals surface area (Å²) in [6, 6.07) is 0. The van der Waals surface area contributed by atoms with Crippen LogP contribution in [-0.2, 0) is 4.79 Å². The Morgan fingerprint density at radius 1 is 1.38 bits per heavy atom. The van der Waals surface area contributed by atoms with E-state index in [0.717, 1.165) is 25.4 Å². The molecule has 0 aromatic rings. The first-order valence-electron chi connectivity index (χ1n) is 6.51. The molecule has 94 valence electrons. The summed E-state index contributed by atoms with van der Waals surface area (Å²) in [6.45, 7) is 3.81. The highest BCUT2D eigenvalue weighted by Gasteiger charge is 2.16. The Kier molecular flexibility index (Phi) is 5.81. The molecule has 0 radical (unpaired) electrons. The average molecular weight is 227 g/mol. The second kappa shape index (κ2) is 6.89. The van der Waals surface area contributed by atoms with E-state index < -0.39 is 5.97 Å². The first-order valence-corrected chi connectivity index (χ1v) is 6.51. The van der Waals surface area contributed by atoms with Gasteiger partial charge >= 0.3 is 5.97 Å². The third-order valence-electron chi connectivity index (χ3n) is 3.76. The molecule has 1 atom stereocenters. The van der Waals surface area contributed by atoms with Crippen LogP contribution < -0.4 is 0 Å². The summed E-state index contributed by atoms with van der Waals surface area (Å²) in [5, 5.41) is 8.78. The molecule has 0 aromatic carbocycles. The van der Waals surface area contributed by atoms with Crippen molar-refractivity contribution < 1.29 is 9.90 Å². The van der Waals surface area contributed by atoms with Gasteiger partial charge in [0.1, 0.15) is 0 Å². The van der Waals surface area contributed by atoms with Crippen molar-refractivity contribution in [3.8, 4) is 0 Å². The molecule has 1 rings (SSSR count). The summed E-state index contributed by atoms with van der Waals surface area (Å²) in [7, 11) is 2.10. The van der Waals surface area contributed by atoms with Crippen molar-refractivity contribution in [2.45, 2.75) is 45.4 Å². The van der Waals surface area contributed by atoms with Crippen molar-refractivity contribution in [2.24, 2.45) is 11.8 Å². The van der Waals surface area contributed by atoms with Crippen molar-refractivity contribution in [1.29, 1.82) is 0 Å². The largest absolute Gasteiger partial charge is 0.481 e. The SMILES string of the molecule is CC(CCN(C)CCC1CCCC1)C(=O)O. The quantitative estimate of drug-likeness (QED) is 0.727. The van der Waals surface area contributed by atoms with Crippen molar-refractivity contribution in [3.63, 3.8) is 0 Å². The van der Waals surface area contributed by atoms with Crippen molar-refractivity contribution in [3.05, 3.63) is 0 Å². The predicted octanol–water partition coefficient (Wildman–Crippen LogP) is 2.61. The summed E-state index contributed by atoms with van der Waals surface area (Å²) in [4.78, 5) is 12.9. The minimum atomic E-state index is -0.677. The Labute approximate surface area is 98.8 Å². The van der Waals surface area contributed by atoms with Crippen molar-refractivity contribution in [2.75, 3.05) is 20.1 Å². The maximum atomic E-state index is 10.7. The van der Waals surface area contributed by atoms with Gasteiger partial charge in [0.2, 0.25) is 0 Å². The highest BCUT2D eigenvalue weighted by atomic mass is 16.4. The molecule has 0 saturated heterocycles. The zero-order valence-electron chi connectivity index (χ0n) is 10.6. The topological polar surface area (TPSA) is 40.5 Å². The van der Waals surface area contributed by atoms with Crippen molar-refractivity contribution in [1.82, 2.24) is 4.90 Å². The average Bonchev–Trinajstić information content (AvgIpc) is 2.75. The number of rotatable bonds is 7. The van der Waals surface area contributed by atoms with E-state index in [4.69, 9.17) is 5.11 Å². The zero-order valence-corrected chi connectivity index (χ0v) is 10.6. The molecule has 0 bridgehead atoms. The van der Waals surface area contributed by atoms with Crippen LogP contribution >= 0.6 is 0 Å². The Morgan fingerprint density at radius 2 is 2.00 bits per heavy atom. The van der Waals surface area contributed by atoms with E-state index in [2.05, 4.69) is 11.9 Å². The van der Waals surface area contributed by atoms with Crippen LogP contribution in [0, 0.1) is 11.8 Å². The zero-order chi connectivity index (χ0) is 12.0. The van der Waals surface area contributed by atoms with E-state index in [1.807, 2.05) is 0 Å². The van der Waals surface area contributed by atoms with Crippen LogP contribution in [0.25, 0.3) is 0 Å². The molecule has 0 aromatic heterocycles. The lowest BCUT2D eigenvalue weighted by atomic mass is 10.0.